The molecular weight excluding hydrogens is 388 g/mol. The van der Waals surface area contributed by atoms with Crippen molar-refractivity contribution in [1.29, 1.82) is 0 Å². The predicted molar refractivity (Wildman–Crippen MR) is 108 cm³/mol. The van der Waals surface area contributed by atoms with Crippen LogP contribution in [0.2, 0.25) is 0 Å². The molecule has 0 bridgehead atoms. The van der Waals surface area contributed by atoms with Crippen molar-refractivity contribution in [2.45, 2.75) is 32.1 Å². The number of aliphatic carboxylic acids is 1. The molecule has 2 heterocycles. The molecule has 8 heteroatoms. The molecule has 4 rings (SSSR count). The van der Waals surface area contributed by atoms with Crippen LogP contribution in [0.3, 0.4) is 0 Å². The molecule has 1 saturated heterocycles. The summed E-state index contributed by atoms with van der Waals surface area (Å²) in [6.45, 7) is 2.25. The molecule has 2 amide bonds. The molecule has 156 valence electrons. The standard InChI is InChI=1S/C22H22N2O6/c1-14-9-16-10-17(23-11-19(21(26)27)30-22(23)28)7-8-18(16)24(14)20(25)13-29-12-15-5-3-2-4-6-15/h2-8,10,14,19H,9,11-13H2,1H3,(H,26,27)/t14-,19-/m1/s1. The van der Waals surface area contributed by atoms with E-state index in [2.05, 4.69) is 0 Å². The van der Waals surface area contributed by atoms with Gasteiger partial charge in [0.15, 0.2) is 0 Å². The molecule has 0 aromatic heterocycles. The second-order valence-electron chi connectivity index (χ2n) is 7.43. The van der Waals surface area contributed by atoms with Gasteiger partial charge in [-0.25, -0.2) is 9.59 Å². The molecule has 2 aliphatic heterocycles. The SMILES string of the molecule is C[C@@H]1Cc2cc(N3C[C@H](C(=O)O)OC3=O)ccc2N1C(=O)COCc1ccccc1. The highest BCUT2D eigenvalue weighted by molar-refractivity contribution is 5.98. The zero-order chi connectivity index (χ0) is 21.3. The van der Waals surface area contributed by atoms with Gasteiger partial charge >= 0.3 is 12.1 Å². The van der Waals surface area contributed by atoms with Gasteiger partial charge in [-0.2, -0.15) is 0 Å². The first kappa shape index (κ1) is 19.9. The highest BCUT2D eigenvalue weighted by Crippen LogP contribution is 2.36. The second kappa shape index (κ2) is 8.16. The fourth-order valence-corrected chi connectivity index (χ4v) is 3.87. The van der Waals surface area contributed by atoms with Crippen molar-refractivity contribution in [1.82, 2.24) is 0 Å². The van der Waals surface area contributed by atoms with E-state index in [9.17, 15) is 14.4 Å². The number of hydrogen-bond donors (Lipinski definition) is 1. The topological polar surface area (TPSA) is 96.4 Å². The minimum Gasteiger partial charge on any atom is -0.478 e. The number of carboxylic acids is 1. The van der Waals surface area contributed by atoms with Gasteiger partial charge in [0.2, 0.25) is 6.10 Å². The summed E-state index contributed by atoms with van der Waals surface area (Å²) >= 11 is 0. The van der Waals surface area contributed by atoms with Crippen LogP contribution in [-0.2, 0) is 32.1 Å². The van der Waals surface area contributed by atoms with E-state index < -0.39 is 18.2 Å². The zero-order valence-corrected chi connectivity index (χ0v) is 16.5. The molecule has 2 aliphatic rings. The van der Waals surface area contributed by atoms with Crippen molar-refractivity contribution >= 4 is 29.3 Å². The first-order valence-corrected chi connectivity index (χ1v) is 9.71. The van der Waals surface area contributed by atoms with Crippen LogP contribution >= 0.6 is 0 Å². The summed E-state index contributed by atoms with van der Waals surface area (Å²) in [5.41, 5.74) is 3.26. The number of anilines is 2. The van der Waals surface area contributed by atoms with E-state index in [4.69, 9.17) is 14.6 Å². The number of cyclic esters (lactones) is 1. The molecule has 8 nitrogen and oxygen atoms in total. The largest absolute Gasteiger partial charge is 0.478 e. The van der Waals surface area contributed by atoms with Crippen molar-refractivity contribution in [3.05, 3.63) is 59.7 Å². The van der Waals surface area contributed by atoms with Gasteiger partial charge in [-0.1, -0.05) is 30.3 Å². The van der Waals surface area contributed by atoms with Crippen molar-refractivity contribution in [3.63, 3.8) is 0 Å². The normalized spacial score (nSPS) is 20.2. The van der Waals surface area contributed by atoms with Crippen LogP contribution in [0.25, 0.3) is 0 Å². The van der Waals surface area contributed by atoms with Gasteiger partial charge < -0.3 is 19.5 Å². The number of rotatable bonds is 6. The number of ether oxygens (including phenoxy) is 2. The summed E-state index contributed by atoms with van der Waals surface area (Å²) < 4.78 is 10.5. The Morgan fingerprint density at radius 3 is 2.67 bits per heavy atom. The molecule has 0 saturated carbocycles. The summed E-state index contributed by atoms with van der Waals surface area (Å²) in [4.78, 5) is 38.9. The number of hydrogen-bond acceptors (Lipinski definition) is 5. The maximum Gasteiger partial charge on any atom is 0.415 e. The first-order valence-electron chi connectivity index (χ1n) is 9.71. The smallest absolute Gasteiger partial charge is 0.415 e. The van der Waals surface area contributed by atoms with Crippen molar-refractivity contribution in [3.8, 4) is 0 Å². The van der Waals surface area contributed by atoms with Crippen molar-refractivity contribution in [2.24, 2.45) is 0 Å². The molecule has 0 aliphatic carbocycles. The number of carboxylic acid groups (broad SMARTS) is 1. The minimum atomic E-state index is -1.18. The fraction of sp³-hybridized carbons (Fsp3) is 0.318. The van der Waals surface area contributed by atoms with Gasteiger partial charge in [-0.05, 0) is 42.7 Å². The molecule has 2 aromatic rings. The van der Waals surface area contributed by atoms with E-state index in [0.717, 1.165) is 16.8 Å². The van der Waals surface area contributed by atoms with Crippen LogP contribution in [0.5, 0.6) is 0 Å². The van der Waals surface area contributed by atoms with E-state index >= 15 is 0 Å². The Hall–Kier alpha value is -3.39. The Labute approximate surface area is 173 Å². The number of fused-ring (bicyclic) bond motifs is 1. The van der Waals surface area contributed by atoms with Gasteiger partial charge in [-0.15, -0.1) is 0 Å². The van der Waals surface area contributed by atoms with Crippen LogP contribution in [0, 0.1) is 0 Å². The fourth-order valence-electron chi connectivity index (χ4n) is 3.87. The molecule has 0 spiro atoms. The number of carbonyl (C=O) groups excluding carboxylic acids is 2. The van der Waals surface area contributed by atoms with E-state index in [1.807, 2.05) is 43.3 Å². The molecule has 2 aromatic carbocycles. The zero-order valence-electron chi connectivity index (χ0n) is 16.5. The number of benzene rings is 2. The summed E-state index contributed by atoms with van der Waals surface area (Å²) in [7, 11) is 0. The maximum atomic E-state index is 12.8. The van der Waals surface area contributed by atoms with Gasteiger partial charge in [0.25, 0.3) is 5.91 Å². The number of carbonyl (C=O) groups is 3. The Morgan fingerprint density at radius 1 is 1.20 bits per heavy atom. The molecular formula is C22H22N2O6. The average Bonchev–Trinajstić information content (AvgIpc) is 3.27. The summed E-state index contributed by atoms with van der Waals surface area (Å²) in [6, 6.07) is 14.9. The first-order chi connectivity index (χ1) is 14.4. The van der Waals surface area contributed by atoms with E-state index in [-0.39, 0.29) is 25.1 Å². The van der Waals surface area contributed by atoms with Gasteiger partial charge in [0.1, 0.15) is 6.61 Å². The summed E-state index contributed by atoms with van der Waals surface area (Å²) in [6.07, 6.45) is -1.22. The monoisotopic (exact) mass is 410 g/mol. The minimum absolute atomic E-state index is 0.0286. The van der Waals surface area contributed by atoms with Crippen LogP contribution in [-0.4, -0.2) is 48.4 Å². The third-order valence-corrected chi connectivity index (χ3v) is 5.28. The van der Waals surface area contributed by atoms with E-state index in [1.165, 1.54) is 4.90 Å². The highest BCUT2D eigenvalue weighted by Gasteiger charge is 2.38. The van der Waals surface area contributed by atoms with Crippen molar-refractivity contribution in [2.75, 3.05) is 23.0 Å². The van der Waals surface area contributed by atoms with Crippen LogP contribution < -0.4 is 9.80 Å². The van der Waals surface area contributed by atoms with E-state index in [0.29, 0.717) is 18.7 Å². The van der Waals surface area contributed by atoms with Crippen LogP contribution in [0.4, 0.5) is 16.2 Å². The lowest BCUT2D eigenvalue weighted by Gasteiger charge is -2.23. The number of nitrogens with zero attached hydrogens (tertiary/aromatic N) is 2. The lowest BCUT2D eigenvalue weighted by atomic mass is 10.1. The molecule has 0 radical (unpaired) electrons. The molecule has 1 N–H and O–H groups in total. The number of amides is 2. The Bertz CT molecular complexity index is 977. The molecule has 0 unspecified atom stereocenters. The maximum absolute atomic E-state index is 12.8. The Morgan fingerprint density at radius 2 is 1.97 bits per heavy atom. The lowest BCUT2D eigenvalue weighted by Crippen LogP contribution is -2.38. The molecule has 1 fully saturated rings. The predicted octanol–water partition coefficient (Wildman–Crippen LogP) is 2.59. The third-order valence-electron chi connectivity index (χ3n) is 5.28. The third kappa shape index (κ3) is 3.86. The highest BCUT2D eigenvalue weighted by atomic mass is 16.6. The van der Waals surface area contributed by atoms with Gasteiger partial charge in [-0.3, -0.25) is 9.69 Å². The van der Waals surface area contributed by atoms with Gasteiger partial charge in [0.05, 0.1) is 13.2 Å². The second-order valence-corrected chi connectivity index (χ2v) is 7.43. The van der Waals surface area contributed by atoms with E-state index in [1.54, 1.807) is 17.0 Å². The summed E-state index contributed by atoms with van der Waals surface area (Å²) in [5.74, 6) is -1.30. The quantitative estimate of drug-likeness (QED) is 0.786. The van der Waals surface area contributed by atoms with Crippen LogP contribution in [0.15, 0.2) is 48.5 Å². The lowest BCUT2D eigenvalue weighted by molar-refractivity contribution is -0.144. The van der Waals surface area contributed by atoms with Gasteiger partial charge in [0, 0.05) is 17.4 Å². The molecule has 2 atom stereocenters. The molecule has 30 heavy (non-hydrogen) atoms. The summed E-state index contributed by atoms with van der Waals surface area (Å²) in [5, 5.41) is 9.06. The average molecular weight is 410 g/mol. The Kier molecular flexibility index (Phi) is 5.41. The Balaban J connectivity index is 1.44. The van der Waals surface area contributed by atoms with Crippen LogP contribution in [0.1, 0.15) is 18.1 Å². The van der Waals surface area contributed by atoms with Crippen molar-refractivity contribution < 1.29 is 29.0 Å².